The van der Waals surface area contributed by atoms with Gasteiger partial charge in [0.25, 0.3) is 5.91 Å². The molecule has 0 radical (unpaired) electrons. The predicted molar refractivity (Wildman–Crippen MR) is 62.1 cm³/mol. The first-order chi connectivity index (χ1) is 7.79. The summed E-state index contributed by atoms with van der Waals surface area (Å²) >= 11 is 0. The van der Waals surface area contributed by atoms with Crippen molar-refractivity contribution in [1.82, 2.24) is 4.90 Å². The molecule has 0 bridgehead atoms. The van der Waals surface area contributed by atoms with Gasteiger partial charge >= 0.3 is 5.97 Å². The summed E-state index contributed by atoms with van der Waals surface area (Å²) in [6.45, 7) is 5.85. The Kier molecular flexibility index (Phi) is 3.60. The average molecular weight is 239 g/mol. The summed E-state index contributed by atoms with van der Waals surface area (Å²) in [6, 6.07) is 2.66. The molecule has 1 amide bonds. The van der Waals surface area contributed by atoms with Gasteiger partial charge in [0.1, 0.15) is 0 Å². The zero-order chi connectivity index (χ0) is 13.2. The van der Waals surface area contributed by atoms with Crippen LogP contribution in [0.25, 0.3) is 0 Å². The van der Waals surface area contributed by atoms with Crippen molar-refractivity contribution in [2.75, 3.05) is 7.05 Å². The maximum Gasteiger partial charge on any atom is 0.371 e. The van der Waals surface area contributed by atoms with Crippen LogP contribution in [0.3, 0.4) is 0 Å². The number of carbonyl (C=O) groups is 2. The fourth-order valence-electron chi connectivity index (χ4n) is 1.25. The highest BCUT2D eigenvalue weighted by Crippen LogP contribution is 2.20. The molecule has 94 valence electrons. The molecule has 0 saturated carbocycles. The Morgan fingerprint density at radius 1 is 1.35 bits per heavy atom. The third kappa shape index (κ3) is 2.67. The fraction of sp³-hybridized carbons (Fsp3) is 0.500. The molecule has 1 rings (SSSR count). The topological polar surface area (TPSA) is 70.8 Å². The number of hydrogen-bond donors (Lipinski definition) is 1. The van der Waals surface area contributed by atoms with E-state index in [1.54, 1.807) is 11.9 Å². The molecule has 0 atom stereocenters. The van der Waals surface area contributed by atoms with E-state index in [2.05, 4.69) is 0 Å². The summed E-state index contributed by atoms with van der Waals surface area (Å²) in [6.07, 6.45) is 0.793. The average Bonchev–Trinajstić information content (AvgIpc) is 2.76. The Bertz CT molecular complexity index is 433. The lowest BCUT2D eigenvalue weighted by Gasteiger charge is -2.34. The Hall–Kier alpha value is -1.78. The summed E-state index contributed by atoms with van der Waals surface area (Å²) in [5.41, 5.74) is -0.298. The molecule has 17 heavy (non-hydrogen) atoms. The van der Waals surface area contributed by atoms with Crippen molar-refractivity contribution in [2.24, 2.45) is 0 Å². The maximum atomic E-state index is 12.0. The number of nitrogens with zero attached hydrogens (tertiary/aromatic N) is 1. The van der Waals surface area contributed by atoms with Crippen molar-refractivity contribution in [3.63, 3.8) is 0 Å². The van der Waals surface area contributed by atoms with Gasteiger partial charge in [-0.2, -0.15) is 0 Å². The van der Waals surface area contributed by atoms with Crippen LogP contribution in [0.1, 0.15) is 48.3 Å². The molecule has 0 fully saturated rings. The standard InChI is InChI=1S/C12H17NO4/c1-5-12(2,3)13(4)10(14)8-6-7-9(17-8)11(15)16/h6-7H,5H2,1-4H3,(H,15,16). The van der Waals surface area contributed by atoms with Crippen LogP contribution in [0.5, 0.6) is 0 Å². The zero-order valence-electron chi connectivity index (χ0n) is 10.5. The van der Waals surface area contributed by atoms with Crippen LogP contribution in [0.2, 0.25) is 0 Å². The van der Waals surface area contributed by atoms with Gasteiger partial charge in [-0.1, -0.05) is 6.92 Å². The lowest BCUT2D eigenvalue weighted by molar-refractivity contribution is 0.0576. The molecule has 0 spiro atoms. The van der Waals surface area contributed by atoms with Crippen LogP contribution >= 0.6 is 0 Å². The molecule has 1 aromatic rings. The van der Waals surface area contributed by atoms with Gasteiger partial charge in [0.15, 0.2) is 5.76 Å². The van der Waals surface area contributed by atoms with Gasteiger partial charge in [-0.25, -0.2) is 4.79 Å². The van der Waals surface area contributed by atoms with Crippen molar-refractivity contribution < 1.29 is 19.1 Å². The molecule has 1 N–H and O–H groups in total. The van der Waals surface area contributed by atoms with E-state index >= 15 is 0 Å². The predicted octanol–water partition coefficient (Wildman–Crippen LogP) is 2.24. The highest BCUT2D eigenvalue weighted by atomic mass is 16.4. The van der Waals surface area contributed by atoms with Gasteiger partial charge in [-0.15, -0.1) is 0 Å². The van der Waals surface area contributed by atoms with Crippen molar-refractivity contribution in [3.05, 3.63) is 23.7 Å². The van der Waals surface area contributed by atoms with Crippen LogP contribution in [0, 0.1) is 0 Å². The molecule has 5 heteroatoms. The van der Waals surface area contributed by atoms with Gasteiger partial charge < -0.3 is 14.4 Å². The first-order valence-corrected chi connectivity index (χ1v) is 5.41. The molecule has 0 saturated heterocycles. The molecule has 0 aliphatic rings. The van der Waals surface area contributed by atoms with E-state index in [0.29, 0.717) is 0 Å². The molecule has 1 heterocycles. The maximum absolute atomic E-state index is 12.0. The number of aromatic carboxylic acids is 1. The molecule has 1 aromatic heterocycles. The van der Waals surface area contributed by atoms with E-state index in [1.165, 1.54) is 12.1 Å². The van der Waals surface area contributed by atoms with Crippen molar-refractivity contribution in [3.8, 4) is 0 Å². The monoisotopic (exact) mass is 239 g/mol. The first-order valence-electron chi connectivity index (χ1n) is 5.41. The molecular formula is C12H17NO4. The minimum atomic E-state index is -1.18. The fourth-order valence-corrected chi connectivity index (χ4v) is 1.25. The Morgan fingerprint density at radius 2 is 1.88 bits per heavy atom. The van der Waals surface area contributed by atoms with Crippen molar-refractivity contribution in [2.45, 2.75) is 32.7 Å². The van der Waals surface area contributed by atoms with Gasteiger partial charge in [0.2, 0.25) is 5.76 Å². The van der Waals surface area contributed by atoms with Crippen LogP contribution in [0.15, 0.2) is 16.5 Å². The highest BCUT2D eigenvalue weighted by molar-refractivity contribution is 5.93. The second-order valence-corrected chi connectivity index (χ2v) is 4.50. The summed E-state index contributed by atoms with van der Waals surface area (Å²) in [5, 5.41) is 8.71. The lowest BCUT2D eigenvalue weighted by atomic mass is 10.00. The second kappa shape index (κ2) is 4.61. The number of carboxylic acids is 1. The number of amides is 1. The normalized spacial score (nSPS) is 11.3. The minimum absolute atomic E-state index is 0.0476. The highest BCUT2D eigenvalue weighted by Gasteiger charge is 2.28. The van der Waals surface area contributed by atoms with E-state index in [-0.39, 0.29) is 23.0 Å². The smallest absolute Gasteiger partial charge is 0.371 e. The van der Waals surface area contributed by atoms with Crippen LogP contribution < -0.4 is 0 Å². The van der Waals surface area contributed by atoms with Crippen LogP contribution in [0.4, 0.5) is 0 Å². The SMILES string of the molecule is CCC(C)(C)N(C)C(=O)c1ccc(C(=O)O)o1. The molecule has 0 aliphatic carbocycles. The Labute approximate surface area is 100 Å². The minimum Gasteiger partial charge on any atom is -0.475 e. The van der Waals surface area contributed by atoms with Gasteiger partial charge in [0.05, 0.1) is 0 Å². The molecule has 5 nitrogen and oxygen atoms in total. The third-order valence-electron chi connectivity index (χ3n) is 3.11. The summed E-state index contributed by atoms with van der Waals surface area (Å²) in [4.78, 5) is 24.2. The zero-order valence-corrected chi connectivity index (χ0v) is 10.5. The summed E-state index contributed by atoms with van der Waals surface area (Å²) < 4.78 is 4.98. The van der Waals surface area contributed by atoms with E-state index in [9.17, 15) is 9.59 Å². The Morgan fingerprint density at radius 3 is 2.29 bits per heavy atom. The number of hydrogen-bond acceptors (Lipinski definition) is 3. The van der Waals surface area contributed by atoms with Crippen LogP contribution in [-0.2, 0) is 0 Å². The van der Waals surface area contributed by atoms with E-state index in [4.69, 9.17) is 9.52 Å². The van der Waals surface area contributed by atoms with Crippen molar-refractivity contribution >= 4 is 11.9 Å². The molecule has 0 unspecified atom stereocenters. The second-order valence-electron chi connectivity index (χ2n) is 4.50. The summed E-state index contributed by atoms with van der Waals surface area (Å²) in [5.74, 6) is -1.67. The van der Waals surface area contributed by atoms with E-state index < -0.39 is 5.97 Å². The molecule has 0 aromatic carbocycles. The molecular weight excluding hydrogens is 222 g/mol. The third-order valence-corrected chi connectivity index (χ3v) is 3.11. The number of carboxylic acid groups (broad SMARTS) is 1. The van der Waals surface area contributed by atoms with Gasteiger partial charge in [-0.3, -0.25) is 4.79 Å². The van der Waals surface area contributed by atoms with Crippen LogP contribution in [-0.4, -0.2) is 34.5 Å². The van der Waals surface area contributed by atoms with E-state index in [1.807, 2.05) is 20.8 Å². The Balaban J connectivity index is 2.93. The lowest BCUT2D eigenvalue weighted by Crippen LogP contribution is -2.44. The first kappa shape index (κ1) is 13.3. The summed E-state index contributed by atoms with van der Waals surface area (Å²) in [7, 11) is 1.68. The van der Waals surface area contributed by atoms with E-state index in [0.717, 1.165) is 6.42 Å². The largest absolute Gasteiger partial charge is 0.475 e. The molecule has 0 aliphatic heterocycles. The van der Waals surface area contributed by atoms with Gasteiger partial charge in [0, 0.05) is 12.6 Å². The van der Waals surface area contributed by atoms with Gasteiger partial charge in [-0.05, 0) is 32.4 Å². The number of rotatable bonds is 4. The number of furan rings is 1. The van der Waals surface area contributed by atoms with Crippen molar-refractivity contribution in [1.29, 1.82) is 0 Å². The number of carbonyl (C=O) groups excluding carboxylic acids is 1. The quantitative estimate of drug-likeness (QED) is 0.874.